The number of rotatable bonds is 27. The lowest BCUT2D eigenvalue weighted by molar-refractivity contribution is 0.266. The molecule has 0 bridgehead atoms. The summed E-state index contributed by atoms with van der Waals surface area (Å²) < 4.78 is 72.3. The predicted octanol–water partition coefficient (Wildman–Crippen LogP) is 32.1. The molecule has 136 heavy (non-hydrogen) atoms. The fraction of sp³-hybridized carbons (Fsp3) is 0.322. The van der Waals surface area contributed by atoms with Gasteiger partial charge in [0.15, 0.2) is 30.3 Å². The summed E-state index contributed by atoms with van der Waals surface area (Å²) in [6, 6.07) is 60.9. The highest BCUT2D eigenvalue weighted by Crippen LogP contribution is 2.45. The van der Waals surface area contributed by atoms with Crippen LogP contribution in [0.5, 0.6) is 69.0 Å². The van der Waals surface area contributed by atoms with Crippen LogP contribution in [0.2, 0.25) is 0 Å². The molecule has 13 rings (SSSR count). The second-order valence-electron chi connectivity index (χ2n) is 34.4. The Balaban J connectivity index is 0.000000201. The number of hydrogen-bond acceptors (Lipinski definition) is 19. The van der Waals surface area contributed by atoms with Gasteiger partial charge in [-0.05, 0) is 460 Å². The van der Waals surface area contributed by atoms with Gasteiger partial charge in [-0.15, -0.1) is 0 Å². The normalized spacial score (nSPS) is 11.0. The van der Waals surface area contributed by atoms with Crippen LogP contribution in [0, 0.1) is 135 Å². The Kier molecular flexibility index (Phi) is 44.0. The Morgan fingerprint density at radius 2 is 0.507 bits per heavy atom. The first-order valence-corrected chi connectivity index (χ1v) is 49.7. The van der Waals surface area contributed by atoms with Gasteiger partial charge in [0.2, 0.25) is 0 Å². The van der Waals surface area contributed by atoms with E-state index < -0.39 is 0 Å². The van der Waals surface area contributed by atoms with Gasteiger partial charge in [-0.3, -0.25) is 0 Å². The van der Waals surface area contributed by atoms with E-state index in [0.717, 1.165) is 156 Å². The van der Waals surface area contributed by atoms with Crippen molar-refractivity contribution in [1.29, 1.82) is 0 Å². The first kappa shape index (κ1) is 111. The number of aliphatic hydroxyl groups is 1. The smallest absolute Gasteiger partial charge is 0.164 e. The Hall–Kier alpha value is -10.1. The van der Waals surface area contributed by atoms with Crippen molar-refractivity contribution in [3.05, 3.63) is 346 Å². The van der Waals surface area contributed by atoms with Crippen molar-refractivity contribution in [2.45, 2.75) is 251 Å². The molecule has 0 aliphatic heterocycles. The fourth-order valence-electron chi connectivity index (χ4n) is 14.7. The monoisotopic (exact) mass is 2120 g/mol. The molecule has 1 N–H and O–H groups in total. The highest BCUT2D eigenvalue weighted by atomic mass is 127. The molecule has 1 fully saturated rings. The summed E-state index contributed by atoms with van der Waals surface area (Å²) in [5, 5.41) is 12.6. The van der Waals surface area contributed by atoms with Crippen molar-refractivity contribution >= 4 is 142 Å². The third-order valence-corrected chi connectivity index (χ3v) is 25.5. The molecule has 0 spiro atoms. The maximum atomic E-state index is 9.57. The summed E-state index contributed by atoms with van der Waals surface area (Å²) in [6.45, 7) is 55.0. The van der Waals surface area contributed by atoms with E-state index in [1.165, 1.54) is 90.7 Å². The third-order valence-electron chi connectivity index (χ3n) is 23.2. The van der Waals surface area contributed by atoms with Gasteiger partial charge >= 0.3 is 0 Å². The van der Waals surface area contributed by atoms with E-state index in [2.05, 4.69) is 255 Å². The molecule has 0 aromatic heterocycles. The molecule has 0 saturated heterocycles. The highest BCUT2D eigenvalue weighted by Gasteiger charge is 2.29. The van der Waals surface area contributed by atoms with Gasteiger partial charge in [-0.2, -0.15) is 0 Å². The summed E-state index contributed by atoms with van der Waals surface area (Å²) >= 11 is 36.2. The van der Waals surface area contributed by atoms with Gasteiger partial charge in [-0.25, -0.2) is 0 Å². The molecule has 1 saturated carbocycles. The largest absolute Gasteiger partial charge is 0.488 e. The van der Waals surface area contributed by atoms with Crippen LogP contribution in [-0.2, 0) is 52.7 Å². The molecule has 1 aliphatic carbocycles. The Bertz CT molecular complexity index is 5880. The molecule has 0 atom stereocenters. The molecule has 21 heteroatoms. The lowest BCUT2D eigenvalue weighted by atomic mass is 10.0. The number of hydrogen-bond donors (Lipinski definition) is 1. The van der Waals surface area contributed by atoms with Gasteiger partial charge < -0.3 is 61.9 Å². The fourth-order valence-corrected chi connectivity index (χ4v) is 16.3. The molecule has 12 aromatic rings. The van der Waals surface area contributed by atoms with E-state index in [-0.39, 0.29) is 6.61 Å². The van der Waals surface area contributed by atoms with E-state index in [1.807, 2.05) is 104 Å². The van der Waals surface area contributed by atoms with Crippen LogP contribution in [0.1, 0.15) is 223 Å². The van der Waals surface area contributed by atoms with Crippen LogP contribution in [0.15, 0.2) is 186 Å². The molecule has 0 amide bonds. The summed E-state index contributed by atoms with van der Waals surface area (Å²) in [4.78, 5) is 0. The van der Waals surface area contributed by atoms with Crippen LogP contribution in [0.25, 0.3) is 0 Å². The van der Waals surface area contributed by atoms with Gasteiger partial charge in [0.1, 0.15) is 109 Å². The number of aliphatic hydroxyl groups excluding tert-OH is 1. The molecule has 13 nitrogen and oxygen atoms in total. The van der Waals surface area contributed by atoms with Crippen LogP contribution < -0.4 is 56.8 Å². The number of thiocarbonyl (C=S) groups is 6. The van der Waals surface area contributed by atoms with Crippen molar-refractivity contribution in [2.24, 2.45) is 0 Å². The minimum Gasteiger partial charge on any atom is -0.488 e. The zero-order valence-electron chi connectivity index (χ0n) is 83.5. The second kappa shape index (κ2) is 53.8. The lowest BCUT2D eigenvalue weighted by Crippen LogP contribution is -2.07. The highest BCUT2D eigenvalue weighted by molar-refractivity contribution is 14.1. The standard InChI is InChI=1S/C21H24O2S.C20H24O2S.C19H22O3S.C19H22O2S.C18H19BrO2S.C18H19IO2S/c1-13-10-15(3)21(11-14(13)2)22-12-19-18(17-8-9-17)6-5-7-20(19)23-16(4)24;1-6-17-8-7-9-19(22-16(5)23)18(17)12-21-20-11-14(3)13(2)10-15(20)4;1-12-8-14(3)19(9-13(12)2)21-11-17-16(10-20)6-5-7-18(17)22-15(4)23;1-12-7-6-8-18(21-16(5)22)17(12)11-20-19-10-14(3)13(2)9-15(19)4;2*1-11-8-13(3)18(9-12(11)2)20-10-15-16(19)6-5-7-17(15)21-14(4)22/h5-7,10-11,17H,8-9,12H2,1-4H3;7-11H,6,12H2,1-5H3;5-9,20H,10-11H2,1-4H3;6-10H,11H2,1-5H3;2*5-9H,10H2,1-4H3. The van der Waals surface area contributed by atoms with Gasteiger partial charge in [0.05, 0.1) is 6.61 Å². The minimum atomic E-state index is -0.0712. The maximum Gasteiger partial charge on any atom is 0.164 e. The van der Waals surface area contributed by atoms with Crippen molar-refractivity contribution < 1.29 is 61.9 Å². The summed E-state index contributed by atoms with van der Waals surface area (Å²) in [5.74, 6) is 10.6. The SMILES string of the molecule is CC(=S)Oc1cccc(Br)c1COc1cc(C)c(C)cc1C.CC(=S)Oc1cccc(C)c1COc1cc(C)c(C)cc1C.CC(=S)Oc1cccc(C2CC2)c1COc1cc(C)c(C)cc1C.CC(=S)Oc1cccc(CO)c1COc1cc(C)c(C)cc1C.CC(=S)Oc1cccc(I)c1COc1cc(C)c(C)cc1C.CCc1cccc(OC(C)=S)c1COc1cc(C)c(C)cc1C. The first-order chi connectivity index (χ1) is 64.4. The van der Waals surface area contributed by atoms with Gasteiger partial charge in [0, 0.05) is 83.0 Å². The minimum absolute atomic E-state index is 0.0712. The van der Waals surface area contributed by atoms with Crippen LogP contribution in [0.3, 0.4) is 0 Å². The molecule has 0 radical (unpaired) electrons. The molecule has 12 aromatic carbocycles. The maximum absolute atomic E-state index is 9.57. The van der Waals surface area contributed by atoms with Gasteiger partial charge in [0.25, 0.3) is 0 Å². The molecule has 0 unspecified atom stereocenters. The Labute approximate surface area is 862 Å². The second-order valence-corrected chi connectivity index (χ2v) is 39.9. The number of halogens is 2. The van der Waals surface area contributed by atoms with E-state index in [0.29, 0.717) is 81.6 Å². The number of benzene rings is 12. The molecule has 718 valence electrons. The summed E-state index contributed by atoms with van der Waals surface area (Å²) in [6.07, 6.45) is 3.42. The summed E-state index contributed by atoms with van der Waals surface area (Å²) in [5.41, 5.74) is 32.3. The Morgan fingerprint density at radius 3 is 0.824 bits per heavy atom. The first-order valence-electron chi connectivity index (χ1n) is 45.4. The van der Waals surface area contributed by atoms with Crippen LogP contribution in [0.4, 0.5) is 0 Å². The van der Waals surface area contributed by atoms with Crippen molar-refractivity contribution in [2.75, 3.05) is 0 Å². The van der Waals surface area contributed by atoms with E-state index in [9.17, 15) is 5.11 Å². The number of ether oxygens (including phenoxy) is 12. The third kappa shape index (κ3) is 33.9. The van der Waals surface area contributed by atoms with Crippen LogP contribution >= 0.6 is 112 Å². The molecule has 0 heterocycles. The lowest BCUT2D eigenvalue weighted by Gasteiger charge is -2.17. The zero-order chi connectivity index (χ0) is 100. The molecule has 1 aliphatic rings. The topological polar surface area (TPSA) is 131 Å². The quantitative estimate of drug-likeness (QED) is 0.0386. The number of aryl methyl sites for hydroxylation is 20. The van der Waals surface area contributed by atoms with Crippen molar-refractivity contribution in [1.82, 2.24) is 0 Å². The van der Waals surface area contributed by atoms with E-state index >= 15 is 0 Å². The average Bonchev–Trinajstić information content (AvgIpc) is 1.46. The van der Waals surface area contributed by atoms with E-state index in [1.54, 1.807) is 41.5 Å². The van der Waals surface area contributed by atoms with Crippen molar-refractivity contribution in [3.8, 4) is 69.0 Å². The van der Waals surface area contributed by atoms with Crippen LogP contribution in [-0.4, -0.2) is 35.4 Å². The molecular weight excluding hydrogens is 1990 g/mol. The summed E-state index contributed by atoms with van der Waals surface area (Å²) in [7, 11) is 0. The average molecular weight is 2120 g/mol. The predicted molar refractivity (Wildman–Crippen MR) is 594 cm³/mol. The van der Waals surface area contributed by atoms with Crippen molar-refractivity contribution in [3.63, 3.8) is 0 Å². The molecular formula is C115H130BrIO13S6. The Morgan fingerprint density at radius 1 is 0.272 bits per heavy atom. The van der Waals surface area contributed by atoms with E-state index in [4.69, 9.17) is 130 Å². The zero-order valence-corrected chi connectivity index (χ0v) is 92.2. The van der Waals surface area contributed by atoms with Gasteiger partial charge in [-0.1, -0.05) is 120 Å².